The van der Waals surface area contributed by atoms with Crippen LogP contribution in [-0.2, 0) is 19.4 Å². The molecule has 138 valence electrons. The average molecular weight is 378 g/mol. The van der Waals surface area contributed by atoms with Crippen LogP contribution in [0.15, 0.2) is 53.4 Å². The molecule has 2 aromatic rings. The summed E-state index contributed by atoms with van der Waals surface area (Å²) in [5.41, 5.74) is 0.496. The third-order valence-electron chi connectivity index (χ3n) is 3.61. The number of halogens is 1. The first kappa shape index (κ1) is 19.6. The van der Waals surface area contributed by atoms with Crippen molar-refractivity contribution in [3.63, 3.8) is 0 Å². The number of hydrogen-bond acceptors (Lipinski definition) is 4. The maximum atomic E-state index is 13.9. The lowest BCUT2D eigenvalue weighted by Crippen LogP contribution is -2.29. The van der Waals surface area contributed by atoms with Gasteiger partial charge in [0.05, 0.1) is 23.0 Å². The van der Waals surface area contributed by atoms with Gasteiger partial charge in [-0.15, -0.1) is 0 Å². The molecule has 2 N–H and O–H groups in total. The topological polar surface area (TPSA) is 92.3 Å². The van der Waals surface area contributed by atoms with Gasteiger partial charge >= 0.3 is 0 Å². The summed E-state index contributed by atoms with van der Waals surface area (Å²) in [7, 11) is -3.53. The Morgan fingerprint density at radius 1 is 1.12 bits per heavy atom. The van der Waals surface area contributed by atoms with Crippen LogP contribution in [0.4, 0.5) is 10.1 Å². The van der Waals surface area contributed by atoms with Crippen LogP contribution in [0.1, 0.15) is 24.9 Å². The molecule has 0 bridgehead atoms. The zero-order chi connectivity index (χ0) is 19.3. The van der Waals surface area contributed by atoms with E-state index in [9.17, 15) is 22.4 Å². The molecule has 0 radical (unpaired) electrons. The highest BCUT2D eigenvalue weighted by Gasteiger charge is 2.19. The van der Waals surface area contributed by atoms with E-state index in [0.29, 0.717) is 0 Å². The van der Waals surface area contributed by atoms with Crippen LogP contribution in [0.2, 0.25) is 0 Å². The summed E-state index contributed by atoms with van der Waals surface area (Å²) in [5, 5.41) is 5.04. The SMILES string of the molecule is CC(=O)NC(CC(=O)Nc1cc(S(C)(=O)=O)ccc1F)c1ccccc1. The second-order valence-corrected chi connectivity index (χ2v) is 7.85. The summed E-state index contributed by atoms with van der Waals surface area (Å²) in [6.07, 6.45) is 0.861. The summed E-state index contributed by atoms with van der Waals surface area (Å²) < 4.78 is 37.1. The summed E-state index contributed by atoms with van der Waals surface area (Å²) >= 11 is 0. The quantitative estimate of drug-likeness (QED) is 0.755. The molecule has 0 fully saturated rings. The zero-order valence-electron chi connectivity index (χ0n) is 14.3. The molecule has 0 aliphatic heterocycles. The molecule has 1 unspecified atom stereocenters. The number of carbonyl (C=O) groups is 2. The van der Waals surface area contributed by atoms with Gasteiger partial charge in [-0.3, -0.25) is 9.59 Å². The Bertz CT molecular complexity index is 914. The molecule has 0 aromatic heterocycles. The van der Waals surface area contributed by atoms with Crippen LogP contribution in [0.3, 0.4) is 0 Å². The van der Waals surface area contributed by atoms with E-state index in [-0.39, 0.29) is 22.9 Å². The predicted octanol–water partition coefficient (Wildman–Crippen LogP) is 2.44. The highest BCUT2D eigenvalue weighted by Crippen LogP contribution is 2.22. The van der Waals surface area contributed by atoms with Crippen molar-refractivity contribution in [1.29, 1.82) is 0 Å². The molecular weight excluding hydrogens is 359 g/mol. The largest absolute Gasteiger partial charge is 0.349 e. The maximum Gasteiger partial charge on any atom is 0.226 e. The minimum Gasteiger partial charge on any atom is -0.349 e. The molecule has 1 atom stereocenters. The molecule has 0 saturated heterocycles. The number of amides is 2. The lowest BCUT2D eigenvalue weighted by Gasteiger charge is -2.18. The predicted molar refractivity (Wildman–Crippen MR) is 95.8 cm³/mol. The van der Waals surface area contributed by atoms with Gasteiger partial charge in [0.15, 0.2) is 9.84 Å². The molecule has 0 saturated carbocycles. The van der Waals surface area contributed by atoms with E-state index in [4.69, 9.17) is 0 Å². The van der Waals surface area contributed by atoms with Gasteiger partial charge in [-0.05, 0) is 23.8 Å². The van der Waals surface area contributed by atoms with Crippen molar-refractivity contribution >= 4 is 27.3 Å². The number of carbonyl (C=O) groups excluding carboxylic acids is 2. The highest BCUT2D eigenvalue weighted by atomic mass is 32.2. The van der Waals surface area contributed by atoms with Gasteiger partial charge in [0.1, 0.15) is 5.82 Å². The van der Waals surface area contributed by atoms with E-state index < -0.39 is 27.6 Å². The average Bonchev–Trinajstić information content (AvgIpc) is 2.55. The lowest BCUT2D eigenvalue weighted by molar-refractivity contribution is -0.120. The minimum atomic E-state index is -3.53. The van der Waals surface area contributed by atoms with Gasteiger partial charge < -0.3 is 10.6 Å². The first-order valence-corrected chi connectivity index (χ1v) is 9.67. The van der Waals surface area contributed by atoms with Crippen molar-refractivity contribution in [2.75, 3.05) is 11.6 Å². The molecule has 0 aliphatic rings. The summed E-state index contributed by atoms with van der Waals surface area (Å²) in [6.45, 7) is 1.34. The first-order chi connectivity index (χ1) is 12.2. The van der Waals surface area contributed by atoms with Crippen molar-refractivity contribution in [3.8, 4) is 0 Å². The Kier molecular flexibility index (Phi) is 6.10. The van der Waals surface area contributed by atoms with Gasteiger partial charge in [0, 0.05) is 13.2 Å². The van der Waals surface area contributed by atoms with Crippen molar-refractivity contribution in [2.45, 2.75) is 24.3 Å². The number of nitrogens with one attached hydrogen (secondary N) is 2. The number of rotatable bonds is 6. The van der Waals surface area contributed by atoms with E-state index in [1.807, 2.05) is 0 Å². The first-order valence-electron chi connectivity index (χ1n) is 7.78. The molecule has 0 heterocycles. The smallest absolute Gasteiger partial charge is 0.226 e. The van der Waals surface area contributed by atoms with Crippen LogP contribution >= 0.6 is 0 Å². The number of anilines is 1. The van der Waals surface area contributed by atoms with Crippen molar-refractivity contribution in [1.82, 2.24) is 5.32 Å². The molecule has 26 heavy (non-hydrogen) atoms. The summed E-state index contributed by atoms with van der Waals surface area (Å²) in [6, 6.07) is 11.5. The third-order valence-corrected chi connectivity index (χ3v) is 4.72. The van der Waals surface area contributed by atoms with Gasteiger partial charge in [-0.1, -0.05) is 30.3 Å². The fraction of sp³-hybridized carbons (Fsp3) is 0.222. The highest BCUT2D eigenvalue weighted by molar-refractivity contribution is 7.90. The van der Waals surface area contributed by atoms with Crippen LogP contribution < -0.4 is 10.6 Å². The van der Waals surface area contributed by atoms with Gasteiger partial charge in [0.25, 0.3) is 0 Å². The van der Waals surface area contributed by atoms with E-state index in [0.717, 1.165) is 30.0 Å². The molecule has 8 heteroatoms. The molecular formula is C18H19FN2O4S. The molecule has 2 rings (SSSR count). The number of hydrogen-bond donors (Lipinski definition) is 2. The van der Waals surface area contributed by atoms with Gasteiger partial charge in [-0.2, -0.15) is 0 Å². The Morgan fingerprint density at radius 3 is 2.35 bits per heavy atom. The molecule has 2 amide bonds. The van der Waals surface area contributed by atoms with E-state index in [1.165, 1.54) is 6.92 Å². The molecule has 0 aliphatic carbocycles. The van der Waals surface area contributed by atoms with Gasteiger partial charge in [0.2, 0.25) is 11.8 Å². The summed E-state index contributed by atoms with van der Waals surface area (Å²) in [5.74, 6) is -1.62. The number of sulfone groups is 1. The fourth-order valence-corrected chi connectivity index (χ4v) is 3.05. The zero-order valence-corrected chi connectivity index (χ0v) is 15.1. The molecule has 6 nitrogen and oxygen atoms in total. The van der Waals surface area contributed by atoms with Crippen LogP contribution in [0.5, 0.6) is 0 Å². The Hall–Kier alpha value is -2.74. The van der Waals surface area contributed by atoms with Gasteiger partial charge in [-0.25, -0.2) is 12.8 Å². The van der Waals surface area contributed by atoms with Crippen LogP contribution in [0, 0.1) is 5.82 Å². The van der Waals surface area contributed by atoms with E-state index in [2.05, 4.69) is 10.6 Å². The van der Waals surface area contributed by atoms with Crippen molar-refractivity contribution in [2.24, 2.45) is 0 Å². The Balaban J connectivity index is 2.19. The summed E-state index contributed by atoms with van der Waals surface area (Å²) in [4.78, 5) is 23.6. The Morgan fingerprint density at radius 2 is 1.77 bits per heavy atom. The van der Waals surface area contributed by atoms with Crippen LogP contribution in [-0.4, -0.2) is 26.5 Å². The number of benzene rings is 2. The van der Waals surface area contributed by atoms with Crippen molar-refractivity contribution < 1.29 is 22.4 Å². The maximum absolute atomic E-state index is 13.9. The van der Waals surface area contributed by atoms with E-state index in [1.54, 1.807) is 30.3 Å². The van der Waals surface area contributed by atoms with E-state index >= 15 is 0 Å². The standard InChI is InChI=1S/C18H19FN2O4S/c1-12(22)20-16(13-6-4-3-5-7-13)11-18(23)21-17-10-14(26(2,24)25)8-9-15(17)19/h3-10,16H,11H2,1-2H3,(H,20,22)(H,21,23). The normalized spacial score (nSPS) is 12.3. The fourth-order valence-electron chi connectivity index (χ4n) is 2.40. The Labute approximate surface area is 151 Å². The second kappa shape index (κ2) is 8.09. The monoisotopic (exact) mass is 378 g/mol. The minimum absolute atomic E-state index is 0.101. The van der Waals surface area contributed by atoms with Crippen LogP contribution in [0.25, 0.3) is 0 Å². The lowest BCUT2D eigenvalue weighted by atomic mass is 10.0. The molecule has 0 spiro atoms. The second-order valence-electron chi connectivity index (χ2n) is 5.83. The third kappa shape index (κ3) is 5.38. The molecule has 2 aromatic carbocycles. The van der Waals surface area contributed by atoms with Crippen molar-refractivity contribution in [3.05, 3.63) is 59.9 Å².